The summed E-state index contributed by atoms with van der Waals surface area (Å²) < 4.78 is 83.7. The van der Waals surface area contributed by atoms with E-state index in [1.165, 1.54) is 4.90 Å². The molecule has 1 aliphatic heterocycles. The largest absolute Gasteiger partial charge is 0.486 e. The van der Waals surface area contributed by atoms with Gasteiger partial charge in [-0.3, -0.25) is 4.90 Å². The number of urea groups is 1. The summed E-state index contributed by atoms with van der Waals surface area (Å²) in [6.45, 7) is -0.265. The molecule has 28 heavy (non-hydrogen) atoms. The molecule has 12 heteroatoms. The van der Waals surface area contributed by atoms with Crippen LogP contribution in [0.3, 0.4) is 0 Å². The Morgan fingerprint density at radius 3 is 2.07 bits per heavy atom. The van der Waals surface area contributed by atoms with Gasteiger partial charge >= 0.3 is 18.4 Å². The van der Waals surface area contributed by atoms with Crippen LogP contribution in [0.4, 0.5) is 37.1 Å². The van der Waals surface area contributed by atoms with Crippen LogP contribution < -0.4 is 15.0 Å². The second-order valence-electron chi connectivity index (χ2n) is 5.72. The van der Waals surface area contributed by atoms with Gasteiger partial charge in [-0.2, -0.15) is 26.3 Å². The summed E-state index contributed by atoms with van der Waals surface area (Å²) in [5.41, 5.74) is -3.91. The van der Waals surface area contributed by atoms with Crippen LogP contribution >= 0.6 is 0 Å². The number of aromatic nitrogens is 2. The molecule has 2 heterocycles. The van der Waals surface area contributed by atoms with Gasteiger partial charge in [0.1, 0.15) is 6.61 Å². The first-order valence-electron chi connectivity index (χ1n) is 7.84. The van der Waals surface area contributed by atoms with Crippen molar-refractivity contribution < 1.29 is 35.9 Å². The molecule has 3 rings (SSSR count). The molecule has 1 N–H and O–H groups in total. The van der Waals surface area contributed by atoms with E-state index >= 15 is 0 Å². The molecular weight excluding hydrogens is 394 g/mol. The number of halogens is 6. The van der Waals surface area contributed by atoms with Crippen LogP contribution in [0, 0.1) is 0 Å². The number of amides is 2. The van der Waals surface area contributed by atoms with Gasteiger partial charge in [-0.15, -0.1) is 0 Å². The van der Waals surface area contributed by atoms with Crippen LogP contribution in [-0.4, -0.2) is 29.1 Å². The van der Waals surface area contributed by atoms with Crippen molar-refractivity contribution in [3.05, 3.63) is 47.3 Å². The van der Waals surface area contributed by atoms with Crippen LogP contribution in [0.5, 0.6) is 5.75 Å². The molecule has 1 aromatic heterocycles. The molecule has 6 nitrogen and oxygen atoms in total. The normalized spacial score (nSPS) is 14.9. The minimum absolute atomic E-state index is 0.0361. The maximum atomic E-state index is 13.1. The molecule has 150 valence electrons. The Balaban J connectivity index is 1.83. The van der Waals surface area contributed by atoms with Crippen molar-refractivity contribution in [2.45, 2.75) is 19.0 Å². The molecule has 0 aliphatic carbocycles. The van der Waals surface area contributed by atoms with Crippen molar-refractivity contribution in [2.24, 2.45) is 0 Å². The van der Waals surface area contributed by atoms with Gasteiger partial charge in [0, 0.05) is 18.7 Å². The molecule has 0 bridgehead atoms. The fourth-order valence-corrected chi connectivity index (χ4v) is 2.61. The van der Waals surface area contributed by atoms with E-state index in [1.807, 2.05) is 0 Å². The Kier molecular flexibility index (Phi) is 5.04. The highest BCUT2D eigenvalue weighted by atomic mass is 19.4. The van der Waals surface area contributed by atoms with Crippen LogP contribution in [0.25, 0.3) is 0 Å². The van der Waals surface area contributed by atoms with Gasteiger partial charge in [-0.1, -0.05) is 6.07 Å². The first kappa shape index (κ1) is 19.7. The third-order valence-corrected chi connectivity index (χ3v) is 3.88. The van der Waals surface area contributed by atoms with Crippen LogP contribution in [0.1, 0.15) is 16.7 Å². The molecule has 0 spiro atoms. The highest BCUT2D eigenvalue weighted by Gasteiger charge is 2.40. The Bertz CT molecular complexity index is 835. The number of nitrogens with one attached hydrogen (secondary N) is 1. The molecule has 1 saturated heterocycles. The van der Waals surface area contributed by atoms with Crippen LogP contribution in [-0.2, 0) is 19.0 Å². The van der Waals surface area contributed by atoms with E-state index < -0.39 is 41.7 Å². The van der Waals surface area contributed by atoms with Gasteiger partial charge in [-0.05, 0) is 12.1 Å². The highest BCUT2D eigenvalue weighted by Crippen LogP contribution is 2.39. The minimum atomic E-state index is -4.98. The number of alkyl halides is 6. The van der Waals surface area contributed by atoms with E-state index in [1.54, 1.807) is 0 Å². The SMILES string of the molecule is O=C1NCCN1c1ncc(OCc2c(C(F)(F)F)cccc2C(F)(F)F)cn1. The first-order chi connectivity index (χ1) is 13.1. The van der Waals surface area contributed by atoms with Crippen LogP contribution in [0.15, 0.2) is 30.6 Å². The molecule has 2 amide bonds. The third kappa shape index (κ3) is 4.10. The molecule has 1 aromatic carbocycles. The van der Waals surface area contributed by atoms with Crippen molar-refractivity contribution in [3.8, 4) is 5.75 Å². The summed E-state index contributed by atoms with van der Waals surface area (Å²) in [5.74, 6) is -0.109. The van der Waals surface area contributed by atoms with Crippen LogP contribution in [0.2, 0.25) is 0 Å². The summed E-state index contributed by atoms with van der Waals surface area (Å²) in [7, 11) is 0. The predicted octanol–water partition coefficient (Wildman–Crippen LogP) is 3.62. The van der Waals surface area contributed by atoms with Crippen molar-refractivity contribution in [2.75, 3.05) is 18.0 Å². The lowest BCUT2D eigenvalue weighted by molar-refractivity contribution is -0.145. The Morgan fingerprint density at radius 2 is 1.61 bits per heavy atom. The summed E-state index contributed by atoms with van der Waals surface area (Å²) in [5, 5.41) is 2.53. The average molecular weight is 406 g/mol. The van der Waals surface area contributed by atoms with Gasteiger partial charge in [0.25, 0.3) is 0 Å². The summed E-state index contributed by atoms with van der Waals surface area (Å²) >= 11 is 0. The Hall–Kier alpha value is -3.05. The molecule has 0 unspecified atom stereocenters. The number of carbonyl (C=O) groups is 1. The van der Waals surface area contributed by atoms with Gasteiger partial charge in [0.15, 0.2) is 5.75 Å². The standard InChI is InChI=1S/C16H12F6N4O2/c17-15(18,19)11-2-1-3-12(16(20,21)22)10(11)8-28-9-6-24-13(25-7-9)26-5-4-23-14(26)27/h1-3,6-7H,4-5,8H2,(H,23,27). The van der Waals surface area contributed by atoms with Gasteiger partial charge in [-0.25, -0.2) is 14.8 Å². The van der Waals surface area contributed by atoms with E-state index in [0.29, 0.717) is 31.3 Å². The summed E-state index contributed by atoms with van der Waals surface area (Å²) in [6, 6.07) is 1.38. The quantitative estimate of drug-likeness (QED) is 0.788. The van der Waals surface area contributed by atoms with E-state index in [9.17, 15) is 31.1 Å². The second kappa shape index (κ2) is 7.17. The van der Waals surface area contributed by atoms with E-state index in [4.69, 9.17) is 4.74 Å². The number of benzene rings is 1. The average Bonchev–Trinajstić information content (AvgIpc) is 3.04. The fourth-order valence-electron chi connectivity index (χ4n) is 2.61. The number of rotatable bonds is 4. The lowest BCUT2D eigenvalue weighted by atomic mass is 10.0. The van der Waals surface area contributed by atoms with E-state index in [0.717, 1.165) is 12.4 Å². The van der Waals surface area contributed by atoms with E-state index in [-0.39, 0.29) is 11.7 Å². The number of nitrogens with zero attached hydrogens (tertiary/aromatic N) is 3. The number of ether oxygens (including phenoxy) is 1. The van der Waals surface area contributed by atoms with Crippen molar-refractivity contribution in [1.29, 1.82) is 0 Å². The Labute approximate surface area is 154 Å². The number of anilines is 1. The molecule has 1 aliphatic rings. The number of hydrogen-bond acceptors (Lipinski definition) is 4. The number of hydrogen-bond donors (Lipinski definition) is 1. The lowest BCUT2D eigenvalue weighted by Crippen LogP contribution is -2.29. The van der Waals surface area contributed by atoms with Gasteiger partial charge in [0.05, 0.1) is 23.5 Å². The lowest BCUT2D eigenvalue weighted by Gasteiger charge is -2.19. The Morgan fingerprint density at radius 1 is 1.04 bits per heavy atom. The topological polar surface area (TPSA) is 67.4 Å². The predicted molar refractivity (Wildman–Crippen MR) is 83.6 cm³/mol. The van der Waals surface area contributed by atoms with Crippen molar-refractivity contribution in [3.63, 3.8) is 0 Å². The third-order valence-electron chi connectivity index (χ3n) is 3.88. The molecule has 2 aromatic rings. The molecule has 0 radical (unpaired) electrons. The zero-order valence-corrected chi connectivity index (χ0v) is 13.9. The molecule has 1 fully saturated rings. The zero-order chi connectivity index (χ0) is 20.5. The minimum Gasteiger partial charge on any atom is -0.486 e. The first-order valence-corrected chi connectivity index (χ1v) is 7.84. The van der Waals surface area contributed by atoms with Crippen molar-refractivity contribution >= 4 is 12.0 Å². The number of carbonyl (C=O) groups excluding carboxylic acids is 1. The van der Waals surface area contributed by atoms with Crippen molar-refractivity contribution in [1.82, 2.24) is 15.3 Å². The smallest absolute Gasteiger partial charge is 0.416 e. The summed E-state index contributed by atoms with van der Waals surface area (Å²) in [4.78, 5) is 20.5. The fraction of sp³-hybridized carbons (Fsp3) is 0.312. The molecule has 0 saturated carbocycles. The van der Waals surface area contributed by atoms with Gasteiger partial charge < -0.3 is 10.1 Å². The zero-order valence-electron chi connectivity index (χ0n) is 13.9. The second-order valence-corrected chi connectivity index (χ2v) is 5.72. The monoisotopic (exact) mass is 406 g/mol. The highest BCUT2D eigenvalue weighted by molar-refractivity contribution is 5.92. The maximum absolute atomic E-state index is 13.1. The maximum Gasteiger partial charge on any atom is 0.416 e. The molecular formula is C16H12F6N4O2. The van der Waals surface area contributed by atoms with E-state index in [2.05, 4.69) is 15.3 Å². The molecule has 0 atom stereocenters. The van der Waals surface area contributed by atoms with Gasteiger partial charge in [0.2, 0.25) is 5.95 Å². The summed E-state index contributed by atoms with van der Waals surface area (Å²) in [6.07, 6.45) is -7.83.